The first kappa shape index (κ1) is 25.8. The highest BCUT2D eigenvalue weighted by Crippen LogP contribution is 2.34. The van der Waals surface area contributed by atoms with E-state index in [0.29, 0.717) is 38.4 Å². The lowest BCUT2D eigenvalue weighted by molar-refractivity contribution is 0.0933. The zero-order valence-electron chi connectivity index (χ0n) is 19.8. The lowest BCUT2D eigenvalue weighted by Crippen LogP contribution is -2.28. The van der Waals surface area contributed by atoms with Crippen molar-refractivity contribution in [1.82, 2.24) is 35.7 Å². The molecule has 3 aromatic carbocycles. The quantitative estimate of drug-likeness (QED) is 0.241. The second-order valence-electron chi connectivity index (χ2n) is 8.42. The summed E-state index contributed by atoms with van der Waals surface area (Å²) in [4.78, 5) is 13.7. The van der Waals surface area contributed by atoms with Gasteiger partial charge in [0.05, 0.1) is 27.5 Å². The molecule has 0 saturated heterocycles. The molecule has 2 N–H and O–H groups in total. The lowest BCUT2D eigenvalue weighted by atomic mass is 10.0. The summed E-state index contributed by atoms with van der Waals surface area (Å²) in [5, 5.41) is 22.8. The Labute approximate surface area is 231 Å². The van der Waals surface area contributed by atoms with Gasteiger partial charge in [0.2, 0.25) is 0 Å². The Kier molecular flexibility index (Phi) is 7.42. The van der Waals surface area contributed by atoms with Crippen molar-refractivity contribution in [1.29, 1.82) is 0 Å². The standard InChI is InChI=1S/C26H19Cl3FN7O/c1-14(16-8-11-21(30)20(29)12-16)31-26(38)24-18(13-23-32-35-36-33-23)25(15-6-9-17(27)10-7-15)37(34-24)22-5-3-2-4-19(22)28/h2-12,14H,13H2,1H3,(H,31,38)(H,32,33,35,36)/t14-/m1/s1. The van der Waals surface area contributed by atoms with Crippen LogP contribution in [-0.2, 0) is 6.42 Å². The Morgan fingerprint density at radius 1 is 1.05 bits per heavy atom. The predicted molar refractivity (Wildman–Crippen MR) is 143 cm³/mol. The van der Waals surface area contributed by atoms with E-state index in [1.807, 2.05) is 18.2 Å². The van der Waals surface area contributed by atoms with Crippen LogP contribution in [0.5, 0.6) is 0 Å². The van der Waals surface area contributed by atoms with Gasteiger partial charge >= 0.3 is 0 Å². The number of carbonyl (C=O) groups is 1. The molecule has 0 unspecified atom stereocenters. The van der Waals surface area contributed by atoms with Crippen molar-refractivity contribution in [3.63, 3.8) is 0 Å². The van der Waals surface area contributed by atoms with E-state index in [1.165, 1.54) is 12.1 Å². The van der Waals surface area contributed by atoms with Gasteiger partial charge in [-0.05, 0) is 48.9 Å². The van der Waals surface area contributed by atoms with Gasteiger partial charge < -0.3 is 5.32 Å². The van der Waals surface area contributed by atoms with Gasteiger partial charge in [0.25, 0.3) is 5.91 Å². The summed E-state index contributed by atoms with van der Waals surface area (Å²) < 4.78 is 15.3. The molecule has 8 nitrogen and oxygen atoms in total. The van der Waals surface area contributed by atoms with Crippen LogP contribution in [0.3, 0.4) is 0 Å². The van der Waals surface area contributed by atoms with Gasteiger partial charge in [-0.2, -0.15) is 10.3 Å². The molecule has 12 heteroatoms. The van der Waals surface area contributed by atoms with Crippen LogP contribution in [0.25, 0.3) is 16.9 Å². The average Bonchev–Trinajstić information content (AvgIpc) is 3.55. The number of rotatable bonds is 7. The molecule has 2 heterocycles. The second-order valence-corrected chi connectivity index (χ2v) is 9.67. The summed E-state index contributed by atoms with van der Waals surface area (Å²) in [5.74, 6) is -0.633. The van der Waals surface area contributed by atoms with Crippen molar-refractivity contribution in [3.8, 4) is 16.9 Å². The van der Waals surface area contributed by atoms with Gasteiger partial charge in [-0.3, -0.25) is 4.79 Å². The Hall–Kier alpha value is -3.79. The lowest BCUT2D eigenvalue weighted by Gasteiger charge is -2.14. The maximum Gasteiger partial charge on any atom is 0.272 e. The molecule has 0 saturated carbocycles. The molecule has 0 radical (unpaired) electrons. The van der Waals surface area contributed by atoms with E-state index in [4.69, 9.17) is 39.9 Å². The minimum Gasteiger partial charge on any atom is -0.344 e. The minimum absolute atomic E-state index is 0.0329. The van der Waals surface area contributed by atoms with E-state index in [9.17, 15) is 9.18 Å². The molecular formula is C26H19Cl3FN7O. The van der Waals surface area contributed by atoms with Crippen molar-refractivity contribution in [2.75, 3.05) is 0 Å². The number of H-pyrrole nitrogens is 1. The second kappa shape index (κ2) is 10.9. The summed E-state index contributed by atoms with van der Waals surface area (Å²) in [7, 11) is 0. The van der Waals surface area contributed by atoms with Crippen LogP contribution in [0, 0.1) is 5.82 Å². The Morgan fingerprint density at radius 3 is 2.50 bits per heavy atom. The number of benzene rings is 3. The van der Waals surface area contributed by atoms with E-state index in [2.05, 4.69) is 25.9 Å². The van der Waals surface area contributed by atoms with Gasteiger partial charge in [-0.1, -0.05) is 70.3 Å². The van der Waals surface area contributed by atoms with E-state index >= 15 is 0 Å². The number of tetrazole rings is 1. The fourth-order valence-electron chi connectivity index (χ4n) is 4.05. The third-order valence-electron chi connectivity index (χ3n) is 5.91. The number of hydrogen-bond acceptors (Lipinski definition) is 5. The number of halogens is 4. The van der Waals surface area contributed by atoms with Crippen molar-refractivity contribution >= 4 is 40.7 Å². The first-order chi connectivity index (χ1) is 18.3. The summed E-state index contributed by atoms with van der Waals surface area (Å²) in [6.07, 6.45) is 0.151. The zero-order valence-corrected chi connectivity index (χ0v) is 22.1. The van der Waals surface area contributed by atoms with Crippen LogP contribution in [0.1, 0.15) is 40.4 Å². The molecule has 192 valence electrons. The number of nitrogens with zero attached hydrogens (tertiary/aromatic N) is 5. The van der Waals surface area contributed by atoms with Crippen LogP contribution in [0.2, 0.25) is 15.1 Å². The summed E-state index contributed by atoms with van der Waals surface area (Å²) in [5.41, 5.74) is 3.26. The number of amides is 1. The predicted octanol–water partition coefficient (Wildman–Crippen LogP) is 6.23. The van der Waals surface area contributed by atoms with Crippen molar-refractivity contribution in [3.05, 3.63) is 110 Å². The van der Waals surface area contributed by atoms with Gasteiger partial charge in [0.15, 0.2) is 11.5 Å². The molecule has 38 heavy (non-hydrogen) atoms. The van der Waals surface area contributed by atoms with E-state index in [0.717, 1.165) is 5.56 Å². The first-order valence-electron chi connectivity index (χ1n) is 11.4. The first-order valence-corrected chi connectivity index (χ1v) is 12.6. The Balaban J connectivity index is 1.65. The van der Waals surface area contributed by atoms with Crippen molar-refractivity contribution in [2.24, 2.45) is 0 Å². The molecule has 0 aliphatic rings. The molecule has 5 rings (SSSR count). The van der Waals surface area contributed by atoms with Crippen LogP contribution in [0.15, 0.2) is 66.7 Å². The van der Waals surface area contributed by atoms with Crippen LogP contribution in [-0.4, -0.2) is 36.3 Å². The maximum absolute atomic E-state index is 13.7. The fraction of sp³-hybridized carbons (Fsp3) is 0.115. The topological polar surface area (TPSA) is 101 Å². The summed E-state index contributed by atoms with van der Waals surface area (Å²) >= 11 is 18.7. The monoisotopic (exact) mass is 569 g/mol. The third-order valence-corrected chi connectivity index (χ3v) is 6.77. The third kappa shape index (κ3) is 5.26. The van der Waals surface area contributed by atoms with Crippen molar-refractivity contribution < 1.29 is 9.18 Å². The van der Waals surface area contributed by atoms with E-state index in [-0.39, 0.29) is 17.1 Å². The van der Waals surface area contributed by atoms with Gasteiger partial charge in [-0.15, -0.1) is 10.2 Å². The number of para-hydroxylation sites is 1. The fourth-order valence-corrected chi connectivity index (χ4v) is 4.58. The zero-order chi connectivity index (χ0) is 26.8. The molecule has 0 bridgehead atoms. The number of aromatic nitrogens is 6. The molecule has 1 amide bonds. The average molecular weight is 571 g/mol. The van der Waals surface area contributed by atoms with Crippen LogP contribution >= 0.6 is 34.8 Å². The highest BCUT2D eigenvalue weighted by Gasteiger charge is 2.28. The number of carbonyl (C=O) groups excluding carboxylic acids is 1. The summed E-state index contributed by atoms with van der Waals surface area (Å²) in [6, 6.07) is 18.1. The highest BCUT2D eigenvalue weighted by molar-refractivity contribution is 6.32. The minimum atomic E-state index is -0.539. The SMILES string of the molecule is C[C@@H](NC(=O)c1nn(-c2ccccc2Cl)c(-c2ccc(Cl)cc2)c1Cc1nn[nH]n1)c1ccc(F)c(Cl)c1. The smallest absolute Gasteiger partial charge is 0.272 e. The molecule has 0 aliphatic heterocycles. The molecule has 2 aromatic heterocycles. The largest absolute Gasteiger partial charge is 0.344 e. The van der Waals surface area contributed by atoms with Gasteiger partial charge in [0, 0.05) is 22.6 Å². The molecular weight excluding hydrogens is 552 g/mol. The van der Waals surface area contributed by atoms with Crippen molar-refractivity contribution in [2.45, 2.75) is 19.4 Å². The molecule has 0 aliphatic carbocycles. The maximum atomic E-state index is 13.7. The van der Waals surface area contributed by atoms with Gasteiger partial charge in [-0.25, -0.2) is 9.07 Å². The molecule has 1 atom stereocenters. The van der Waals surface area contributed by atoms with E-state index in [1.54, 1.807) is 48.0 Å². The number of aromatic amines is 1. The molecule has 0 fully saturated rings. The van der Waals surface area contributed by atoms with Crippen LogP contribution in [0.4, 0.5) is 4.39 Å². The van der Waals surface area contributed by atoms with Crippen LogP contribution < -0.4 is 5.32 Å². The number of nitrogens with one attached hydrogen (secondary N) is 2. The van der Waals surface area contributed by atoms with E-state index < -0.39 is 17.8 Å². The molecule has 5 aromatic rings. The Morgan fingerprint density at radius 2 is 1.82 bits per heavy atom. The van der Waals surface area contributed by atoms with Gasteiger partial charge in [0.1, 0.15) is 5.82 Å². The normalized spacial score (nSPS) is 11.9. The molecule has 0 spiro atoms. The Bertz CT molecular complexity index is 1600. The summed E-state index contributed by atoms with van der Waals surface area (Å²) in [6.45, 7) is 1.77. The number of hydrogen-bond donors (Lipinski definition) is 2. The highest BCUT2D eigenvalue weighted by atomic mass is 35.5.